The van der Waals surface area contributed by atoms with Crippen LogP contribution in [0, 0.1) is 0 Å². The fourth-order valence-electron chi connectivity index (χ4n) is 7.20. The number of benzene rings is 4. The Morgan fingerprint density at radius 1 is 0.840 bits per heavy atom. The number of hydrogen-bond acceptors (Lipinski definition) is 9. The average Bonchev–Trinajstić information content (AvgIpc) is 3.11. The van der Waals surface area contributed by atoms with E-state index >= 15 is 0 Å². The van der Waals surface area contributed by atoms with Crippen molar-refractivity contribution in [1.82, 2.24) is 5.32 Å². The van der Waals surface area contributed by atoms with Gasteiger partial charge in [-0.1, -0.05) is 18.2 Å². The predicted octanol–water partition coefficient (Wildman–Crippen LogP) is 8.32. The van der Waals surface area contributed by atoms with E-state index in [1.165, 1.54) is 0 Å². The monoisotopic (exact) mass is 707 g/mol. The Balaban J connectivity index is 1.17. The summed E-state index contributed by atoms with van der Waals surface area (Å²) in [6.07, 6.45) is -4.07. The standard InChI is InChI=1S/C36H36F3N3O7Si/c1-45-50(46-2,47-3)20-7-17-40-35(44)48-19-8-18-41-23-9-4-11-25-31(23)34-32-24(41)10-5-13-29(32)49-30-14-6-12-26(33(30)34)42(25)27-21-22(36(37,38)39)15-16-28(27)43/h4-6,9-16,21,34,43H,7-8,17-20H2,1-3H3,(H,40,44). The van der Waals surface area contributed by atoms with Crippen LogP contribution in [0.15, 0.2) is 72.8 Å². The lowest BCUT2D eigenvalue weighted by molar-refractivity contribution is -0.137. The van der Waals surface area contributed by atoms with Crippen LogP contribution in [0.2, 0.25) is 6.04 Å². The molecule has 0 aliphatic carbocycles. The summed E-state index contributed by atoms with van der Waals surface area (Å²) in [6.45, 7) is 0.987. The van der Waals surface area contributed by atoms with E-state index in [0.29, 0.717) is 54.8 Å². The van der Waals surface area contributed by atoms with Crippen LogP contribution < -0.4 is 19.9 Å². The van der Waals surface area contributed by atoms with Crippen LogP contribution in [0.3, 0.4) is 0 Å². The Bertz CT molecular complexity index is 1930. The molecule has 2 N–H and O–H groups in total. The van der Waals surface area contributed by atoms with Crippen LogP contribution in [0.25, 0.3) is 0 Å². The van der Waals surface area contributed by atoms with E-state index in [4.69, 9.17) is 22.8 Å². The molecule has 0 fully saturated rings. The van der Waals surface area contributed by atoms with Crippen LogP contribution in [0.1, 0.15) is 41.0 Å². The van der Waals surface area contributed by atoms with E-state index in [0.717, 1.165) is 46.3 Å². The maximum atomic E-state index is 13.9. The molecule has 0 bridgehead atoms. The number of nitrogens with zero attached hydrogens (tertiary/aromatic N) is 2. The Labute approximate surface area is 288 Å². The molecule has 4 aromatic rings. The van der Waals surface area contributed by atoms with Crippen molar-refractivity contribution in [2.24, 2.45) is 0 Å². The summed E-state index contributed by atoms with van der Waals surface area (Å²) in [7, 11) is 1.90. The first-order valence-corrected chi connectivity index (χ1v) is 18.1. The number of halogens is 3. The Morgan fingerprint density at radius 3 is 2.10 bits per heavy atom. The molecule has 7 rings (SSSR count). The number of amides is 1. The third-order valence-corrected chi connectivity index (χ3v) is 12.3. The van der Waals surface area contributed by atoms with Gasteiger partial charge in [-0.3, -0.25) is 0 Å². The van der Waals surface area contributed by atoms with Crippen molar-refractivity contribution in [3.8, 4) is 17.2 Å². The highest BCUT2D eigenvalue weighted by Gasteiger charge is 2.46. The van der Waals surface area contributed by atoms with Crippen molar-refractivity contribution in [1.29, 1.82) is 0 Å². The van der Waals surface area contributed by atoms with E-state index in [9.17, 15) is 23.1 Å². The molecule has 14 heteroatoms. The number of anilines is 5. The minimum atomic E-state index is -4.61. The normalized spacial score (nSPS) is 15.4. The Kier molecular flexibility index (Phi) is 8.88. The van der Waals surface area contributed by atoms with Crippen LogP contribution in [-0.2, 0) is 24.2 Å². The lowest BCUT2D eigenvalue weighted by Crippen LogP contribution is -2.43. The zero-order valence-corrected chi connectivity index (χ0v) is 28.7. The van der Waals surface area contributed by atoms with Gasteiger partial charge >= 0.3 is 21.1 Å². The molecule has 3 aliphatic rings. The van der Waals surface area contributed by atoms with Crippen molar-refractivity contribution in [3.05, 3.63) is 95.1 Å². The summed E-state index contributed by atoms with van der Waals surface area (Å²) < 4.78 is 69.9. The molecule has 3 heterocycles. The number of phenolic OH excluding ortho intramolecular Hbond substituents is 1. The van der Waals surface area contributed by atoms with Gasteiger partial charge in [-0.05, 0) is 67.4 Å². The SMILES string of the molecule is CO[Si](CCCNC(=O)OCCCN1c2cccc3c2C2c4c(cccc4N(c4cc(C(F)(F)F)ccc4O)c4cccc1c42)O3)(OC)OC. The van der Waals surface area contributed by atoms with E-state index in [1.54, 1.807) is 32.3 Å². The largest absolute Gasteiger partial charge is 0.506 e. The molecule has 0 aromatic heterocycles. The number of hydrogen-bond donors (Lipinski definition) is 2. The first kappa shape index (κ1) is 33.7. The van der Waals surface area contributed by atoms with Crippen LogP contribution in [0.5, 0.6) is 17.2 Å². The number of alkyl carbamates (subject to hydrolysis) is 1. The van der Waals surface area contributed by atoms with Crippen LogP contribution in [0.4, 0.5) is 46.4 Å². The zero-order chi connectivity index (χ0) is 35.2. The van der Waals surface area contributed by atoms with Crippen molar-refractivity contribution >= 4 is 43.3 Å². The summed E-state index contributed by atoms with van der Waals surface area (Å²) in [5, 5.41) is 13.8. The Morgan fingerprint density at radius 2 is 1.44 bits per heavy atom. The van der Waals surface area contributed by atoms with Gasteiger partial charge in [-0.15, -0.1) is 0 Å². The summed E-state index contributed by atoms with van der Waals surface area (Å²) in [5.74, 6) is 0.744. The molecule has 262 valence electrons. The van der Waals surface area contributed by atoms with E-state index in [1.807, 2.05) is 48.5 Å². The molecular formula is C36H36F3N3O7Si. The number of nitrogens with one attached hydrogen (secondary N) is 1. The third-order valence-electron chi connectivity index (χ3n) is 9.46. The first-order valence-electron chi connectivity index (χ1n) is 16.2. The molecule has 0 saturated carbocycles. The average molecular weight is 708 g/mol. The van der Waals surface area contributed by atoms with Gasteiger partial charge in [0.2, 0.25) is 0 Å². The highest BCUT2D eigenvalue weighted by Crippen LogP contribution is 2.65. The summed E-state index contributed by atoms with van der Waals surface area (Å²) in [4.78, 5) is 16.3. The highest BCUT2D eigenvalue weighted by molar-refractivity contribution is 6.60. The number of carbonyl (C=O) groups excluding carboxylic acids is 1. The molecule has 1 amide bonds. The fourth-order valence-corrected chi connectivity index (χ4v) is 8.92. The van der Waals surface area contributed by atoms with Gasteiger partial charge in [0.15, 0.2) is 0 Å². The molecule has 0 radical (unpaired) electrons. The first-order chi connectivity index (χ1) is 24.1. The maximum absolute atomic E-state index is 13.9. The van der Waals surface area contributed by atoms with Gasteiger partial charge in [0.1, 0.15) is 17.2 Å². The van der Waals surface area contributed by atoms with E-state index in [-0.39, 0.29) is 24.0 Å². The highest BCUT2D eigenvalue weighted by atomic mass is 28.4. The molecule has 0 spiro atoms. The molecular weight excluding hydrogens is 671 g/mol. The van der Waals surface area contributed by atoms with Gasteiger partial charge in [0, 0.05) is 74.4 Å². The minimum Gasteiger partial charge on any atom is -0.506 e. The summed E-state index contributed by atoms with van der Waals surface area (Å²) in [5.41, 5.74) is 4.85. The maximum Gasteiger partial charge on any atom is 0.500 e. The van der Waals surface area contributed by atoms with Crippen molar-refractivity contribution in [2.45, 2.75) is 31.0 Å². The predicted molar refractivity (Wildman–Crippen MR) is 182 cm³/mol. The number of ether oxygens (including phenoxy) is 2. The second-order valence-electron chi connectivity index (χ2n) is 12.1. The number of alkyl halides is 3. The number of carbonyl (C=O) groups is 1. The van der Waals surface area contributed by atoms with E-state index in [2.05, 4.69) is 10.2 Å². The zero-order valence-electron chi connectivity index (χ0n) is 27.7. The smallest absolute Gasteiger partial charge is 0.500 e. The topological polar surface area (TPSA) is 102 Å². The van der Waals surface area contributed by atoms with Crippen LogP contribution in [-0.4, -0.2) is 61.0 Å². The second-order valence-corrected chi connectivity index (χ2v) is 15.2. The van der Waals surface area contributed by atoms with Gasteiger partial charge in [0.05, 0.1) is 29.2 Å². The van der Waals surface area contributed by atoms with Crippen molar-refractivity contribution in [2.75, 3.05) is 50.8 Å². The molecule has 4 aromatic carbocycles. The van der Waals surface area contributed by atoms with Gasteiger partial charge in [-0.2, -0.15) is 13.2 Å². The second kappa shape index (κ2) is 13.2. The molecule has 3 aliphatic heterocycles. The van der Waals surface area contributed by atoms with Gasteiger partial charge < -0.3 is 43.0 Å². The molecule has 0 saturated heterocycles. The van der Waals surface area contributed by atoms with E-state index < -0.39 is 26.6 Å². The molecule has 1 unspecified atom stereocenters. The third kappa shape index (κ3) is 5.71. The van der Waals surface area contributed by atoms with Crippen molar-refractivity contribution < 1.29 is 45.8 Å². The summed E-state index contributed by atoms with van der Waals surface area (Å²) in [6, 6.07) is 20.5. The fraction of sp³-hybridized carbons (Fsp3) is 0.306. The van der Waals surface area contributed by atoms with Crippen molar-refractivity contribution in [3.63, 3.8) is 0 Å². The number of aromatic hydroxyl groups is 1. The molecule has 10 nitrogen and oxygen atoms in total. The molecule has 1 atom stereocenters. The molecule has 50 heavy (non-hydrogen) atoms. The minimum absolute atomic E-state index is 0.00962. The lowest BCUT2D eigenvalue weighted by Gasteiger charge is -2.47. The summed E-state index contributed by atoms with van der Waals surface area (Å²) >= 11 is 0. The lowest BCUT2D eigenvalue weighted by atomic mass is 9.74. The quantitative estimate of drug-likeness (QED) is 0.0961. The van der Waals surface area contributed by atoms with Crippen LogP contribution >= 0.6 is 0 Å². The van der Waals surface area contributed by atoms with Gasteiger partial charge in [-0.25, -0.2) is 4.79 Å². The number of phenols is 1. The number of rotatable bonds is 12. The Hall–Kier alpha value is -4.76. The van der Waals surface area contributed by atoms with Gasteiger partial charge in [0.25, 0.3) is 0 Å².